The van der Waals surface area contributed by atoms with Crippen LogP contribution in [-0.2, 0) is 4.79 Å². The molecule has 0 unspecified atom stereocenters. The van der Waals surface area contributed by atoms with E-state index in [0.29, 0.717) is 39.4 Å². The third-order valence-corrected chi connectivity index (χ3v) is 6.09. The summed E-state index contributed by atoms with van der Waals surface area (Å²) >= 11 is 1.15. The van der Waals surface area contributed by atoms with Gasteiger partial charge in [0.15, 0.2) is 5.17 Å². The number of nitro benzene ring substituents is 1. The van der Waals surface area contributed by atoms with Gasteiger partial charge in [-0.25, -0.2) is 9.79 Å². The highest BCUT2D eigenvalue weighted by Crippen LogP contribution is 2.37. The largest absolute Gasteiger partial charge is 0.496 e. The van der Waals surface area contributed by atoms with Crippen LogP contribution in [-0.4, -0.2) is 45.6 Å². The molecule has 0 atom stereocenters. The van der Waals surface area contributed by atoms with Gasteiger partial charge in [-0.2, -0.15) is 0 Å². The molecule has 1 amide bonds. The fourth-order valence-corrected chi connectivity index (χ4v) is 4.43. The Morgan fingerprint density at radius 3 is 2.74 bits per heavy atom. The lowest BCUT2D eigenvalue weighted by atomic mass is 10.1. The average Bonchev–Trinajstić information content (AvgIpc) is 3.42. The summed E-state index contributed by atoms with van der Waals surface area (Å²) in [6.45, 7) is 2.19. The Kier molecular flexibility index (Phi) is 6.69. The minimum Gasteiger partial charge on any atom is -0.496 e. The van der Waals surface area contributed by atoms with Gasteiger partial charge in [0.05, 0.1) is 39.8 Å². The molecule has 2 heterocycles. The van der Waals surface area contributed by atoms with E-state index in [1.54, 1.807) is 30.3 Å². The zero-order valence-corrected chi connectivity index (χ0v) is 19.4. The number of carbonyl (C=O) groups is 2. The zero-order chi connectivity index (χ0) is 25.1. The van der Waals surface area contributed by atoms with Crippen LogP contribution in [0.2, 0.25) is 0 Å². The van der Waals surface area contributed by atoms with Crippen molar-refractivity contribution < 1.29 is 28.8 Å². The molecule has 35 heavy (non-hydrogen) atoms. The van der Waals surface area contributed by atoms with E-state index in [2.05, 4.69) is 4.99 Å². The number of carboxylic acid groups (broad SMARTS) is 1. The van der Waals surface area contributed by atoms with E-state index < -0.39 is 10.9 Å². The van der Waals surface area contributed by atoms with Crippen molar-refractivity contribution in [3.05, 3.63) is 80.9 Å². The number of thioether (sulfide) groups is 1. The van der Waals surface area contributed by atoms with Gasteiger partial charge >= 0.3 is 5.97 Å². The van der Waals surface area contributed by atoms with Crippen LogP contribution < -0.4 is 4.74 Å². The predicted molar refractivity (Wildman–Crippen MR) is 131 cm³/mol. The maximum Gasteiger partial charge on any atom is 0.335 e. The lowest BCUT2D eigenvalue weighted by molar-refractivity contribution is -0.384. The lowest BCUT2D eigenvalue weighted by Gasteiger charge is -2.12. The topological polar surface area (TPSA) is 135 Å². The standard InChI is InChI=1S/C24H19N3O7S/c1-3-26-22(28)21(35-24(26)25-15-6-4-5-14(11-15)23(29)30)13-17-8-10-19(34-17)18-9-7-16(27(31)32)12-20(18)33-2/h4-13H,3H2,1-2H3,(H,29,30). The lowest BCUT2D eigenvalue weighted by Crippen LogP contribution is -2.28. The van der Waals surface area contributed by atoms with E-state index in [4.69, 9.17) is 9.15 Å². The van der Waals surface area contributed by atoms with E-state index in [1.807, 2.05) is 6.92 Å². The molecular weight excluding hydrogens is 474 g/mol. The number of nitro groups is 1. The predicted octanol–water partition coefficient (Wildman–Crippen LogP) is 5.19. The van der Waals surface area contributed by atoms with Gasteiger partial charge in [-0.05, 0) is 55.1 Å². The summed E-state index contributed by atoms with van der Waals surface area (Å²) in [5.41, 5.74) is 0.951. The first-order chi connectivity index (χ1) is 16.8. The van der Waals surface area contributed by atoms with Gasteiger partial charge in [0.1, 0.15) is 17.3 Å². The number of hydrogen-bond donors (Lipinski definition) is 1. The molecule has 0 aliphatic carbocycles. The normalized spacial score (nSPS) is 15.7. The Morgan fingerprint density at radius 2 is 2.06 bits per heavy atom. The maximum absolute atomic E-state index is 12.9. The summed E-state index contributed by atoms with van der Waals surface area (Å²) in [4.78, 5) is 41.0. The van der Waals surface area contributed by atoms with E-state index in [-0.39, 0.29) is 22.9 Å². The Labute approximate surface area is 203 Å². The number of ether oxygens (including phenoxy) is 1. The number of aliphatic imine (C=N–C) groups is 1. The first kappa shape index (κ1) is 23.8. The molecule has 2 aromatic carbocycles. The minimum absolute atomic E-state index is 0.102. The summed E-state index contributed by atoms with van der Waals surface area (Å²) < 4.78 is 11.1. The second-order valence-corrected chi connectivity index (χ2v) is 8.26. The SMILES string of the molecule is CCN1C(=O)C(=Cc2ccc(-c3ccc([N+](=O)[O-])cc3OC)o2)SC1=Nc1cccc(C(=O)O)c1. The van der Waals surface area contributed by atoms with Crippen LogP contribution in [0.4, 0.5) is 11.4 Å². The van der Waals surface area contributed by atoms with Crippen molar-refractivity contribution in [3.63, 3.8) is 0 Å². The van der Waals surface area contributed by atoms with Crippen LogP contribution in [0, 0.1) is 10.1 Å². The number of carbonyl (C=O) groups excluding carboxylic acids is 1. The fourth-order valence-electron chi connectivity index (χ4n) is 3.39. The Balaban J connectivity index is 1.63. The molecule has 4 rings (SSSR count). The number of nitrogens with zero attached hydrogens (tertiary/aromatic N) is 3. The van der Waals surface area contributed by atoms with Gasteiger partial charge in [-0.15, -0.1) is 0 Å². The van der Waals surface area contributed by atoms with E-state index >= 15 is 0 Å². The number of likely N-dealkylation sites (N-methyl/N-ethyl adjacent to an activating group) is 1. The quantitative estimate of drug-likeness (QED) is 0.270. The highest BCUT2D eigenvalue weighted by atomic mass is 32.2. The smallest absolute Gasteiger partial charge is 0.335 e. The Morgan fingerprint density at radius 1 is 1.26 bits per heavy atom. The van der Waals surface area contributed by atoms with E-state index in [9.17, 15) is 24.8 Å². The van der Waals surface area contributed by atoms with E-state index in [0.717, 1.165) is 11.8 Å². The first-order valence-electron chi connectivity index (χ1n) is 10.4. The number of non-ortho nitro benzene ring substituents is 1. The molecule has 1 aromatic heterocycles. The molecular formula is C24H19N3O7S. The number of benzene rings is 2. The third kappa shape index (κ3) is 4.94. The monoisotopic (exact) mass is 493 g/mol. The van der Waals surface area contributed by atoms with Gasteiger partial charge in [0.2, 0.25) is 0 Å². The van der Waals surface area contributed by atoms with Gasteiger partial charge in [0, 0.05) is 18.7 Å². The second-order valence-electron chi connectivity index (χ2n) is 7.25. The van der Waals surface area contributed by atoms with Gasteiger partial charge < -0.3 is 14.3 Å². The number of furan rings is 1. The molecule has 11 heteroatoms. The molecule has 1 aliphatic rings. The second kappa shape index (κ2) is 9.85. The summed E-state index contributed by atoms with van der Waals surface area (Å²) in [5.74, 6) is -0.202. The van der Waals surface area contributed by atoms with Crippen molar-refractivity contribution in [1.82, 2.24) is 4.90 Å². The number of aromatic carboxylic acids is 1. The molecule has 1 aliphatic heterocycles. The molecule has 0 spiro atoms. The summed E-state index contributed by atoms with van der Waals surface area (Å²) in [6.07, 6.45) is 1.59. The van der Waals surface area contributed by atoms with Gasteiger partial charge in [-0.1, -0.05) is 6.07 Å². The average molecular weight is 493 g/mol. The summed E-state index contributed by atoms with van der Waals surface area (Å²) in [5, 5.41) is 20.7. The summed E-state index contributed by atoms with van der Waals surface area (Å²) in [7, 11) is 1.41. The van der Waals surface area contributed by atoms with Crippen molar-refractivity contribution in [2.24, 2.45) is 4.99 Å². The van der Waals surface area contributed by atoms with Crippen molar-refractivity contribution in [1.29, 1.82) is 0 Å². The van der Waals surface area contributed by atoms with Crippen LogP contribution in [0.5, 0.6) is 5.75 Å². The summed E-state index contributed by atoms with van der Waals surface area (Å²) in [6, 6.07) is 13.7. The maximum atomic E-state index is 12.9. The molecule has 1 saturated heterocycles. The van der Waals surface area contributed by atoms with Crippen molar-refractivity contribution in [3.8, 4) is 17.1 Å². The van der Waals surface area contributed by atoms with Crippen molar-refractivity contribution >= 4 is 46.3 Å². The molecule has 0 bridgehead atoms. The van der Waals surface area contributed by atoms with Crippen molar-refractivity contribution in [2.75, 3.05) is 13.7 Å². The highest BCUT2D eigenvalue weighted by molar-refractivity contribution is 8.18. The third-order valence-electron chi connectivity index (χ3n) is 5.08. The highest BCUT2D eigenvalue weighted by Gasteiger charge is 2.32. The van der Waals surface area contributed by atoms with Gasteiger partial charge in [-0.3, -0.25) is 19.8 Å². The Hall–Kier alpha value is -4.38. The molecule has 0 saturated carbocycles. The number of carboxylic acids is 1. The van der Waals surface area contributed by atoms with Crippen LogP contribution in [0.25, 0.3) is 17.4 Å². The molecule has 1 fully saturated rings. The van der Waals surface area contributed by atoms with Crippen molar-refractivity contribution in [2.45, 2.75) is 6.92 Å². The molecule has 1 N–H and O–H groups in total. The fraction of sp³-hybridized carbons (Fsp3) is 0.125. The number of hydrogen-bond acceptors (Lipinski definition) is 8. The van der Waals surface area contributed by atoms with E-state index in [1.165, 1.54) is 42.3 Å². The minimum atomic E-state index is -1.06. The molecule has 178 valence electrons. The number of rotatable bonds is 7. The number of amidine groups is 1. The van der Waals surface area contributed by atoms with Gasteiger partial charge in [0.25, 0.3) is 11.6 Å². The molecule has 0 radical (unpaired) electrons. The molecule has 3 aromatic rings. The van der Waals surface area contributed by atoms with Crippen LogP contribution in [0.1, 0.15) is 23.0 Å². The number of methoxy groups -OCH3 is 1. The first-order valence-corrected chi connectivity index (χ1v) is 11.2. The van der Waals surface area contributed by atoms with Crippen LogP contribution >= 0.6 is 11.8 Å². The van der Waals surface area contributed by atoms with Crippen LogP contribution in [0.3, 0.4) is 0 Å². The zero-order valence-electron chi connectivity index (χ0n) is 18.6. The van der Waals surface area contributed by atoms with Crippen LogP contribution in [0.15, 0.2) is 68.9 Å². The Bertz CT molecular complexity index is 1390. The molecule has 10 nitrogen and oxygen atoms in total. The number of amides is 1.